The second-order valence-electron chi connectivity index (χ2n) is 7.66. The van der Waals surface area contributed by atoms with Crippen molar-refractivity contribution in [1.82, 2.24) is 9.97 Å². The van der Waals surface area contributed by atoms with Crippen molar-refractivity contribution in [2.75, 3.05) is 23.9 Å². The van der Waals surface area contributed by atoms with E-state index in [1.54, 1.807) is 0 Å². The van der Waals surface area contributed by atoms with Crippen LogP contribution in [0.2, 0.25) is 0 Å². The lowest BCUT2D eigenvalue weighted by molar-refractivity contribution is -0.00336. The summed E-state index contributed by atoms with van der Waals surface area (Å²) in [6.45, 7) is 2.02. The summed E-state index contributed by atoms with van der Waals surface area (Å²) in [5.41, 5.74) is 1.28. The first-order valence-electron chi connectivity index (χ1n) is 9.05. The van der Waals surface area contributed by atoms with E-state index in [2.05, 4.69) is 4.90 Å². The summed E-state index contributed by atoms with van der Waals surface area (Å²) >= 11 is 0. The van der Waals surface area contributed by atoms with Gasteiger partial charge in [0.25, 0.3) is 0 Å². The summed E-state index contributed by atoms with van der Waals surface area (Å²) in [5.74, 6) is 1.75. The summed E-state index contributed by atoms with van der Waals surface area (Å²) in [4.78, 5) is 13.9. The summed E-state index contributed by atoms with van der Waals surface area (Å²) in [6.07, 6.45) is 3.66. The van der Waals surface area contributed by atoms with Gasteiger partial charge >= 0.3 is 0 Å². The van der Waals surface area contributed by atoms with Crippen molar-refractivity contribution in [3.05, 3.63) is 47.7 Å². The number of benzene rings is 1. The van der Waals surface area contributed by atoms with E-state index in [1.165, 1.54) is 0 Å². The van der Waals surface area contributed by atoms with Crippen LogP contribution in [0.25, 0.3) is 0 Å². The minimum absolute atomic E-state index is 0.292. The van der Waals surface area contributed by atoms with Crippen LogP contribution >= 0.6 is 0 Å². The van der Waals surface area contributed by atoms with Crippen LogP contribution in [-0.4, -0.2) is 41.3 Å². The zero-order valence-corrected chi connectivity index (χ0v) is 15.2. The number of hydrogen-bond donors (Lipinski definition) is 1. The summed E-state index contributed by atoms with van der Waals surface area (Å²) < 4.78 is 0. The molecule has 4 rings (SSSR count). The Bertz CT molecular complexity index is 748. The average Bonchev–Trinajstić information content (AvgIpc) is 2.87. The number of aromatic nitrogens is 2. The van der Waals surface area contributed by atoms with Gasteiger partial charge in [-0.25, -0.2) is 4.98 Å². The molecule has 5 heteroatoms. The fraction of sp³-hybridized carbons (Fsp3) is 0.500. The molecule has 2 bridgehead atoms. The van der Waals surface area contributed by atoms with Crippen LogP contribution < -0.4 is 9.80 Å². The van der Waals surface area contributed by atoms with Gasteiger partial charge in [0.1, 0.15) is 5.82 Å². The number of anilines is 2. The van der Waals surface area contributed by atoms with Crippen LogP contribution in [0.5, 0.6) is 0 Å². The van der Waals surface area contributed by atoms with Gasteiger partial charge in [0.15, 0.2) is 0 Å². The number of fused-ring (bicyclic) bond motifs is 2. The molecule has 2 aromatic rings. The van der Waals surface area contributed by atoms with E-state index in [0.717, 1.165) is 48.7 Å². The molecule has 3 heterocycles. The van der Waals surface area contributed by atoms with Gasteiger partial charge in [-0.1, -0.05) is 30.3 Å². The molecule has 1 aromatic heterocycles. The highest BCUT2D eigenvalue weighted by atomic mass is 16.3. The number of piperidine rings is 1. The first-order chi connectivity index (χ1) is 12.0. The van der Waals surface area contributed by atoms with Crippen LogP contribution in [0.3, 0.4) is 0 Å². The van der Waals surface area contributed by atoms with Crippen molar-refractivity contribution < 1.29 is 5.11 Å². The van der Waals surface area contributed by atoms with E-state index in [0.29, 0.717) is 12.1 Å². The van der Waals surface area contributed by atoms with Crippen molar-refractivity contribution in [3.63, 3.8) is 0 Å². The molecule has 0 spiro atoms. The number of aryl methyl sites for hydroxylation is 1. The third-order valence-corrected chi connectivity index (χ3v) is 5.60. The van der Waals surface area contributed by atoms with Crippen molar-refractivity contribution in [2.45, 2.75) is 50.3 Å². The van der Waals surface area contributed by atoms with Gasteiger partial charge in [-0.2, -0.15) is 4.98 Å². The van der Waals surface area contributed by atoms with E-state index in [9.17, 15) is 5.11 Å². The molecule has 2 unspecified atom stereocenters. The van der Waals surface area contributed by atoms with Crippen molar-refractivity contribution in [3.8, 4) is 0 Å². The molecule has 2 atom stereocenters. The highest BCUT2D eigenvalue weighted by Gasteiger charge is 2.49. The highest BCUT2D eigenvalue weighted by molar-refractivity contribution is 5.48. The standard InChI is InChI=1S/C20H26N4O/c1-14-11-18(23(2)3)22-19(21-14)24-16-9-10-17(24)13-20(25,12-16)15-7-5-4-6-8-15/h4-8,11,16-17,25H,9-10,12-13H2,1-3H3. The SMILES string of the molecule is Cc1cc(N(C)C)nc(N2C3CCC2CC(O)(c2ccccc2)C3)n1. The Morgan fingerprint density at radius 1 is 1.08 bits per heavy atom. The van der Waals surface area contributed by atoms with Gasteiger partial charge in [-0.05, 0) is 25.3 Å². The predicted molar refractivity (Wildman–Crippen MR) is 100.0 cm³/mol. The Balaban J connectivity index is 1.66. The fourth-order valence-corrected chi connectivity index (χ4v) is 4.42. The van der Waals surface area contributed by atoms with Crippen molar-refractivity contribution in [2.24, 2.45) is 0 Å². The monoisotopic (exact) mass is 338 g/mol. The van der Waals surface area contributed by atoms with Crippen LogP contribution in [0, 0.1) is 6.92 Å². The average molecular weight is 338 g/mol. The molecule has 2 aliphatic rings. The zero-order valence-electron chi connectivity index (χ0n) is 15.2. The van der Waals surface area contributed by atoms with Gasteiger partial charge in [0, 0.05) is 50.8 Å². The molecule has 0 saturated carbocycles. The lowest BCUT2D eigenvalue weighted by atomic mass is 9.80. The third kappa shape index (κ3) is 2.86. The van der Waals surface area contributed by atoms with Crippen LogP contribution in [-0.2, 0) is 5.60 Å². The first-order valence-corrected chi connectivity index (χ1v) is 9.05. The summed E-state index contributed by atoms with van der Waals surface area (Å²) in [7, 11) is 4.01. The minimum Gasteiger partial charge on any atom is -0.385 e. The Morgan fingerprint density at radius 2 is 1.72 bits per heavy atom. The number of aliphatic hydroxyl groups is 1. The Labute approximate surface area is 149 Å². The quantitative estimate of drug-likeness (QED) is 0.933. The van der Waals surface area contributed by atoms with Gasteiger partial charge < -0.3 is 14.9 Å². The maximum atomic E-state index is 11.3. The molecule has 0 radical (unpaired) electrons. The molecule has 0 aliphatic carbocycles. The third-order valence-electron chi connectivity index (χ3n) is 5.60. The molecule has 2 saturated heterocycles. The molecule has 1 N–H and O–H groups in total. The Kier molecular flexibility index (Phi) is 3.91. The first kappa shape index (κ1) is 16.3. The fourth-order valence-electron chi connectivity index (χ4n) is 4.42. The van der Waals surface area contributed by atoms with Gasteiger partial charge in [-0.15, -0.1) is 0 Å². The largest absolute Gasteiger partial charge is 0.385 e. The lowest BCUT2D eigenvalue weighted by Crippen LogP contribution is -2.50. The minimum atomic E-state index is -0.738. The van der Waals surface area contributed by atoms with E-state index < -0.39 is 5.60 Å². The molecule has 132 valence electrons. The second kappa shape index (κ2) is 5.99. The smallest absolute Gasteiger partial charge is 0.228 e. The van der Waals surface area contributed by atoms with Crippen molar-refractivity contribution >= 4 is 11.8 Å². The molecule has 25 heavy (non-hydrogen) atoms. The Hall–Kier alpha value is -2.14. The topological polar surface area (TPSA) is 52.5 Å². The highest BCUT2D eigenvalue weighted by Crippen LogP contribution is 2.46. The molecule has 2 fully saturated rings. The van der Waals surface area contributed by atoms with Crippen LogP contribution in [0.15, 0.2) is 36.4 Å². The molecule has 5 nitrogen and oxygen atoms in total. The van der Waals surface area contributed by atoms with Gasteiger partial charge in [-0.3, -0.25) is 0 Å². The predicted octanol–water partition coefficient (Wildman–Crippen LogP) is 2.87. The lowest BCUT2D eigenvalue weighted by Gasteiger charge is -2.44. The summed E-state index contributed by atoms with van der Waals surface area (Å²) in [5, 5.41) is 11.3. The van der Waals surface area contributed by atoms with Gasteiger partial charge in [0.05, 0.1) is 5.60 Å². The summed E-state index contributed by atoms with van der Waals surface area (Å²) in [6, 6.07) is 12.7. The van der Waals surface area contributed by atoms with E-state index >= 15 is 0 Å². The zero-order chi connectivity index (χ0) is 17.6. The number of hydrogen-bond acceptors (Lipinski definition) is 5. The van der Waals surface area contributed by atoms with Crippen molar-refractivity contribution in [1.29, 1.82) is 0 Å². The van der Waals surface area contributed by atoms with E-state index in [4.69, 9.17) is 9.97 Å². The van der Waals surface area contributed by atoms with Gasteiger partial charge in [0.2, 0.25) is 5.95 Å². The van der Waals surface area contributed by atoms with E-state index in [-0.39, 0.29) is 0 Å². The molecular weight excluding hydrogens is 312 g/mol. The molecule has 0 amide bonds. The normalized spacial score (nSPS) is 28.2. The maximum Gasteiger partial charge on any atom is 0.228 e. The Morgan fingerprint density at radius 3 is 2.32 bits per heavy atom. The van der Waals surface area contributed by atoms with Crippen LogP contribution in [0.4, 0.5) is 11.8 Å². The molecular formula is C20H26N4O. The molecule has 2 aliphatic heterocycles. The second-order valence-corrected chi connectivity index (χ2v) is 7.66. The van der Waals surface area contributed by atoms with E-state index in [1.807, 2.05) is 62.3 Å². The number of nitrogens with zero attached hydrogens (tertiary/aromatic N) is 4. The molecule has 1 aromatic carbocycles. The maximum absolute atomic E-state index is 11.3. The van der Waals surface area contributed by atoms with Crippen LogP contribution in [0.1, 0.15) is 36.9 Å². The number of rotatable bonds is 3.